The van der Waals surface area contributed by atoms with Crippen LogP contribution in [0.3, 0.4) is 0 Å². The third-order valence-corrected chi connectivity index (χ3v) is 1.14. The molecule has 38 valence electrons. The highest BCUT2D eigenvalue weighted by atomic mass is 127. The number of hydrogen-bond donors (Lipinski definition) is 0. The third kappa shape index (κ3) is 3.87. The van der Waals surface area contributed by atoms with Gasteiger partial charge >= 0.3 is 0 Å². The van der Waals surface area contributed by atoms with Crippen molar-refractivity contribution >= 4 is 22.6 Å². The average molecular weight is 206 g/mol. The van der Waals surface area contributed by atoms with Crippen molar-refractivity contribution in [1.82, 2.24) is 0 Å². The van der Waals surface area contributed by atoms with Gasteiger partial charge in [-0.15, -0.1) is 6.42 Å². The van der Waals surface area contributed by atoms with E-state index in [0.717, 1.165) is 16.4 Å². The molecule has 0 aliphatic heterocycles. The highest BCUT2D eigenvalue weighted by molar-refractivity contribution is 14.1. The molecule has 0 rings (SSSR count). The van der Waals surface area contributed by atoms with E-state index in [1.807, 2.05) is 0 Å². The van der Waals surface area contributed by atoms with Crippen LogP contribution in [0.1, 0.15) is 6.42 Å². The maximum absolute atomic E-state index is 5.01. The van der Waals surface area contributed by atoms with Crippen LogP contribution in [0.15, 0.2) is 12.2 Å². The molecule has 0 radical (unpaired) electrons. The van der Waals surface area contributed by atoms with Crippen LogP contribution in [0.4, 0.5) is 0 Å². The van der Waals surface area contributed by atoms with Gasteiger partial charge in [-0.3, -0.25) is 0 Å². The zero-order valence-corrected chi connectivity index (χ0v) is 6.23. The van der Waals surface area contributed by atoms with Gasteiger partial charge in [0, 0.05) is 4.43 Å². The molecule has 0 aliphatic rings. The topological polar surface area (TPSA) is 0 Å². The molecule has 0 heterocycles. The quantitative estimate of drug-likeness (QED) is 0.368. The van der Waals surface area contributed by atoms with Crippen LogP contribution in [-0.4, -0.2) is 4.43 Å². The average Bonchev–Trinajstić information content (AvgIpc) is 1.68. The molecule has 0 unspecified atom stereocenters. The van der Waals surface area contributed by atoms with Crippen molar-refractivity contribution in [2.24, 2.45) is 0 Å². The standard InChI is InChI=1S/C6H7I/c1-3-6(2)4-5-7/h1H,2,4-5H2. The van der Waals surface area contributed by atoms with Crippen LogP contribution in [0.5, 0.6) is 0 Å². The largest absolute Gasteiger partial charge is 0.115 e. The third-order valence-electron chi connectivity index (χ3n) is 0.600. The van der Waals surface area contributed by atoms with Crippen molar-refractivity contribution in [1.29, 1.82) is 0 Å². The van der Waals surface area contributed by atoms with Crippen LogP contribution in [0.25, 0.3) is 0 Å². The van der Waals surface area contributed by atoms with Gasteiger partial charge in [-0.1, -0.05) is 35.1 Å². The molecule has 0 fully saturated rings. The summed E-state index contributed by atoms with van der Waals surface area (Å²) in [6.07, 6.45) is 5.96. The Morgan fingerprint density at radius 1 is 1.86 bits per heavy atom. The SMILES string of the molecule is C#CC(=C)CCI. The fraction of sp³-hybridized carbons (Fsp3) is 0.333. The van der Waals surface area contributed by atoms with E-state index < -0.39 is 0 Å². The summed E-state index contributed by atoms with van der Waals surface area (Å²) in [5, 5.41) is 0. The van der Waals surface area contributed by atoms with Crippen molar-refractivity contribution in [2.45, 2.75) is 6.42 Å². The molecule has 0 saturated heterocycles. The molecular weight excluding hydrogens is 199 g/mol. The van der Waals surface area contributed by atoms with Gasteiger partial charge in [0.25, 0.3) is 0 Å². The minimum Gasteiger partial charge on any atom is -0.115 e. The molecule has 0 aromatic rings. The molecule has 0 atom stereocenters. The maximum atomic E-state index is 5.01. The number of halogens is 1. The monoisotopic (exact) mass is 206 g/mol. The molecule has 0 aromatic carbocycles. The van der Waals surface area contributed by atoms with Crippen LogP contribution in [0.2, 0.25) is 0 Å². The van der Waals surface area contributed by atoms with E-state index in [4.69, 9.17) is 6.42 Å². The van der Waals surface area contributed by atoms with Gasteiger partial charge in [0.1, 0.15) is 0 Å². The van der Waals surface area contributed by atoms with E-state index in [0.29, 0.717) is 0 Å². The van der Waals surface area contributed by atoms with E-state index >= 15 is 0 Å². The second-order valence-electron chi connectivity index (χ2n) is 1.19. The van der Waals surface area contributed by atoms with Gasteiger partial charge in [-0.25, -0.2) is 0 Å². The van der Waals surface area contributed by atoms with Gasteiger partial charge in [0.2, 0.25) is 0 Å². The number of terminal acetylenes is 1. The van der Waals surface area contributed by atoms with Gasteiger partial charge in [-0.05, 0) is 12.0 Å². The Morgan fingerprint density at radius 3 is 2.57 bits per heavy atom. The Morgan fingerprint density at radius 2 is 2.43 bits per heavy atom. The summed E-state index contributed by atoms with van der Waals surface area (Å²) < 4.78 is 1.07. The van der Waals surface area contributed by atoms with Crippen molar-refractivity contribution in [2.75, 3.05) is 4.43 Å². The Labute approximate surface area is 58.1 Å². The minimum absolute atomic E-state index is 0.898. The molecule has 7 heavy (non-hydrogen) atoms. The number of hydrogen-bond acceptors (Lipinski definition) is 0. The molecule has 0 bridgehead atoms. The first-order valence-electron chi connectivity index (χ1n) is 2.01. The first kappa shape index (κ1) is 7.03. The molecule has 0 aliphatic carbocycles. The van der Waals surface area contributed by atoms with Crippen LogP contribution in [-0.2, 0) is 0 Å². The van der Waals surface area contributed by atoms with Crippen LogP contribution >= 0.6 is 22.6 Å². The van der Waals surface area contributed by atoms with Gasteiger partial charge in [-0.2, -0.15) is 0 Å². The predicted octanol–water partition coefficient (Wildman–Crippen LogP) is 2.00. The van der Waals surface area contributed by atoms with E-state index in [1.165, 1.54) is 0 Å². The predicted molar refractivity (Wildman–Crippen MR) is 41.5 cm³/mol. The van der Waals surface area contributed by atoms with E-state index in [1.54, 1.807) is 0 Å². The van der Waals surface area contributed by atoms with Crippen molar-refractivity contribution in [3.8, 4) is 12.3 Å². The van der Waals surface area contributed by atoms with E-state index in [2.05, 4.69) is 35.1 Å². The Kier molecular flexibility index (Phi) is 4.21. The molecule has 0 nitrogen and oxygen atoms in total. The molecular formula is C6H7I. The van der Waals surface area contributed by atoms with Gasteiger partial charge < -0.3 is 0 Å². The smallest absolute Gasteiger partial charge is 0.00419 e. The maximum Gasteiger partial charge on any atom is 0.00419 e. The molecule has 0 spiro atoms. The minimum atomic E-state index is 0.898. The normalized spacial score (nSPS) is 7.43. The fourth-order valence-electron chi connectivity index (χ4n) is 0.186. The first-order chi connectivity index (χ1) is 3.31. The molecule has 0 saturated carbocycles. The zero-order chi connectivity index (χ0) is 5.70. The van der Waals surface area contributed by atoms with Crippen molar-refractivity contribution in [3.05, 3.63) is 12.2 Å². The van der Waals surface area contributed by atoms with E-state index in [-0.39, 0.29) is 0 Å². The lowest BCUT2D eigenvalue weighted by molar-refractivity contribution is 1.22. The summed E-state index contributed by atoms with van der Waals surface area (Å²) in [6, 6.07) is 0. The first-order valence-corrected chi connectivity index (χ1v) is 3.54. The van der Waals surface area contributed by atoms with Crippen molar-refractivity contribution in [3.63, 3.8) is 0 Å². The van der Waals surface area contributed by atoms with Crippen LogP contribution in [0, 0.1) is 12.3 Å². The molecule has 1 heteroatoms. The Balaban J connectivity index is 3.24. The Bertz CT molecular complexity index is 97.2. The highest BCUT2D eigenvalue weighted by Gasteiger charge is 1.81. The molecule has 0 aromatic heterocycles. The fourth-order valence-corrected chi connectivity index (χ4v) is 0.837. The van der Waals surface area contributed by atoms with Crippen molar-refractivity contribution < 1.29 is 0 Å². The second kappa shape index (κ2) is 4.20. The van der Waals surface area contributed by atoms with Gasteiger partial charge in [0.15, 0.2) is 0 Å². The lowest BCUT2D eigenvalue weighted by Gasteiger charge is -1.85. The summed E-state index contributed by atoms with van der Waals surface area (Å²) in [7, 11) is 0. The molecule has 0 amide bonds. The van der Waals surface area contributed by atoms with Crippen LogP contribution < -0.4 is 0 Å². The number of allylic oxidation sites excluding steroid dienone is 1. The van der Waals surface area contributed by atoms with E-state index in [9.17, 15) is 0 Å². The molecule has 0 N–H and O–H groups in total. The summed E-state index contributed by atoms with van der Waals surface area (Å²) >= 11 is 2.27. The number of rotatable bonds is 2. The number of alkyl halides is 1. The van der Waals surface area contributed by atoms with Gasteiger partial charge in [0.05, 0.1) is 0 Å². The lowest BCUT2D eigenvalue weighted by Crippen LogP contribution is -1.74. The lowest BCUT2D eigenvalue weighted by atomic mass is 10.3. The Hall–Kier alpha value is 0.0300. The summed E-state index contributed by atoms with van der Waals surface area (Å²) in [6.45, 7) is 3.62. The summed E-state index contributed by atoms with van der Waals surface area (Å²) in [4.78, 5) is 0. The second-order valence-corrected chi connectivity index (χ2v) is 2.27. The summed E-state index contributed by atoms with van der Waals surface area (Å²) in [5.41, 5.74) is 0.898. The highest BCUT2D eigenvalue weighted by Crippen LogP contribution is 1.97. The zero-order valence-electron chi connectivity index (χ0n) is 4.08. The summed E-state index contributed by atoms with van der Waals surface area (Å²) in [5.74, 6) is 2.47.